The normalized spacial score (nSPS) is 30.2. The lowest BCUT2D eigenvalue weighted by Crippen LogP contribution is -2.37. The fourth-order valence-corrected chi connectivity index (χ4v) is 3.66. The third kappa shape index (κ3) is 2.86. The molecule has 1 aromatic rings. The number of rotatable bonds is 4. The van der Waals surface area contributed by atoms with E-state index in [1.807, 2.05) is 13.0 Å². The van der Waals surface area contributed by atoms with Gasteiger partial charge in [0.1, 0.15) is 4.33 Å². The molecule has 1 amide bonds. The molecule has 1 N–H and O–H groups in total. The number of nitrogens with zero attached hydrogens (tertiary/aromatic N) is 1. The van der Waals surface area contributed by atoms with Gasteiger partial charge in [-0.2, -0.15) is 0 Å². The number of carbonyl (C=O) groups is 1. The van der Waals surface area contributed by atoms with Crippen molar-refractivity contribution in [1.82, 2.24) is 5.32 Å². The van der Waals surface area contributed by atoms with Crippen LogP contribution in [0.4, 0.5) is 5.69 Å². The van der Waals surface area contributed by atoms with Gasteiger partial charge in [-0.3, -0.25) is 4.79 Å². The highest BCUT2D eigenvalue weighted by Crippen LogP contribution is 2.63. The van der Waals surface area contributed by atoms with Crippen LogP contribution in [0.2, 0.25) is 0 Å². The molecule has 1 aliphatic carbocycles. The minimum Gasteiger partial charge on any atom is -0.371 e. The fourth-order valence-electron chi connectivity index (χ4n) is 2.95. The van der Waals surface area contributed by atoms with E-state index in [0.29, 0.717) is 18.9 Å². The Morgan fingerprint density at radius 1 is 1.38 bits per heavy atom. The highest BCUT2D eigenvalue weighted by molar-refractivity contribution is 6.53. The summed E-state index contributed by atoms with van der Waals surface area (Å²) in [5.41, 5.74) is 0.634. The number of alkyl halides is 2. The van der Waals surface area contributed by atoms with E-state index < -0.39 is 9.75 Å². The van der Waals surface area contributed by atoms with Crippen LogP contribution in [0.15, 0.2) is 30.3 Å². The molecule has 0 bridgehead atoms. The number of anilines is 1. The topological polar surface area (TPSA) is 32.3 Å². The van der Waals surface area contributed by atoms with Gasteiger partial charge in [-0.1, -0.05) is 18.2 Å². The van der Waals surface area contributed by atoms with E-state index in [0.717, 1.165) is 19.5 Å². The van der Waals surface area contributed by atoms with E-state index in [1.54, 1.807) is 0 Å². The average Bonchev–Trinajstić information content (AvgIpc) is 2.83. The molecule has 1 heterocycles. The van der Waals surface area contributed by atoms with E-state index in [1.165, 1.54) is 5.69 Å². The molecule has 3 nitrogen and oxygen atoms in total. The van der Waals surface area contributed by atoms with Crippen LogP contribution in [0.5, 0.6) is 0 Å². The van der Waals surface area contributed by atoms with Gasteiger partial charge in [0, 0.05) is 25.3 Å². The molecular formula is C16H20Cl2N2O. The van der Waals surface area contributed by atoms with Crippen molar-refractivity contribution in [2.75, 3.05) is 24.5 Å². The third-order valence-corrected chi connectivity index (χ3v) is 5.82. The third-order valence-electron chi connectivity index (χ3n) is 4.72. The monoisotopic (exact) mass is 326 g/mol. The summed E-state index contributed by atoms with van der Waals surface area (Å²) in [4.78, 5) is 14.5. The van der Waals surface area contributed by atoms with Gasteiger partial charge in [0.15, 0.2) is 0 Å². The number of hydrogen-bond donors (Lipinski definition) is 1. The fraction of sp³-hybridized carbons (Fsp3) is 0.562. The zero-order valence-corrected chi connectivity index (χ0v) is 13.6. The van der Waals surface area contributed by atoms with Crippen LogP contribution in [-0.4, -0.2) is 29.9 Å². The Bertz CT molecular complexity index is 534. The number of amides is 1. The molecule has 0 radical (unpaired) electrons. The second-order valence-corrected chi connectivity index (χ2v) is 7.84. The highest BCUT2D eigenvalue weighted by Gasteiger charge is 2.67. The minimum absolute atomic E-state index is 0.0225. The summed E-state index contributed by atoms with van der Waals surface area (Å²) in [6.07, 6.45) is 1.63. The van der Waals surface area contributed by atoms with Gasteiger partial charge in [0.05, 0.1) is 5.41 Å². The largest absolute Gasteiger partial charge is 0.371 e. The Labute approximate surface area is 135 Å². The number of hydrogen-bond acceptors (Lipinski definition) is 2. The van der Waals surface area contributed by atoms with Crippen molar-refractivity contribution in [2.24, 2.45) is 11.3 Å². The summed E-state index contributed by atoms with van der Waals surface area (Å²) in [6.45, 7) is 4.54. The molecule has 5 heteroatoms. The number of nitrogens with one attached hydrogen (secondary N) is 1. The van der Waals surface area contributed by atoms with Crippen LogP contribution in [0, 0.1) is 11.3 Å². The minimum atomic E-state index is -0.886. The van der Waals surface area contributed by atoms with Crippen molar-refractivity contribution in [1.29, 1.82) is 0 Å². The van der Waals surface area contributed by atoms with Gasteiger partial charge in [-0.15, -0.1) is 23.2 Å². The van der Waals surface area contributed by atoms with Gasteiger partial charge in [-0.05, 0) is 37.8 Å². The van der Waals surface area contributed by atoms with E-state index >= 15 is 0 Å². The van der Waals surface area contributed by atoms with Crippen LogP contribution < -0.4 is 10.2 Å². The van der Waals surface area contributed by atoms with Crippen LogP contribution >= 0.6 is 23.2 Å². The Hall–Kier alpha value is -0.930. The smallest absolute Gasteiger partial charge is 0.229 e. The van der Waals surface area contributed by atoms with Crippen LogP contribution in [0.1, 0.15) is 19.8 Å². The lowest BCUT2D eigenvalue weighted by atomic mass is 10.1. The molecule has 2 fully saturated rings. The van der Waals surface area contributed by atoms with E-state index in [9.17, 15) is 4.79 Å². The average molecular weight is 327 g/mol. The maximum Gasteiger partial charge on any atom is 0.229 e. The molecular weight excluding hydrogens is 307 g/mol. The summed E-state index contributed by atoms with van der Waals surface area (Å²) in [6, 6.07) is 10.4. The standard InChI is InChI=1S/C16H20Cl2N2O/c1-15(11-16(15,17)18)14(21)19-9-12-7-8-20(10-12)13-5-3-2-4-6-13/h2-6,12H,7-11H2,1H3,(H,19,21). The lowest BCUT2D eigenvalue weighted by Gasteiger charge is -2.19. The zero-order valence-electron chi connectivity index (χ0n) is 12.1. The maximum absolute atomic E-state index is 12.2. The Kier molecular flexibility index (Phi) is 3.83. The molecule has 0 spiro atoms. The molecule has 2 aliphatic rings. The van der Waals surface area contributed by atoms with E-state index in [2.05, 4.69) is 34.5 Å². The van der Waals surface area contributed by atoms with Crippen LogP contribution in [0.25, 0.3) is 0 Å². The van der Waals surface area contributed by atoms with Crippen molar-refractivity contribution in [2.45, 2.75) is 24.1 Å². The second kappa shape index (κ2) is 5.36. The summed E-state index contributed by atoms with van der Waals surface area (Å²) in [5.74, 6) is 0.460. The van der Waals surface area contributed by atoms with E-state index in [4.69, 9.17) is 23.2 Å². The molecule has 21 heavy (non-hydrogen) atoms. The number of para-hydroxylation sites is 1. The predicted molar refractivity (Wildman–Crippen MR) is 86.9 cm³/mol. The highest BCUT2D eigenvalue weighted by atomic mass is 35.5. The van der Waals surface area contributed by atoms with Gasteiger partial charge in [-0.25, -0.2) is 0 Å². The van der Waals surface area contributed by atoms with Gasteiger partial charge in [0.25, 0.3) is 0 Å². The molecule has 1 aromatic carbocycles. The zero-order chi connectivity index (χ0) is 15.1. The SMILES string of the molecule is CC1(C(=O)NCC2CCN(c3ccccc3)C2)CC1(Cl)Cl. The van der Waals surface area contributed by atoms with Crippen molar-refractivity contribution < 1.29 is 4.79 Å². The van der Waals surface area contributed by atoms with Crippen molar-refractivity contribution in [3.8, 4) is 0 Å². The van der Waals surface area contributed by atoms with E-state index in [-0.39, 0.29) is 5.91 Å². The molecule has 2 unspecified atom stereocenters. The molecule has 1 aliphatic heterocycles. The lowest BCUT2D eigenvalue weighted by molar-refractivity contribution is -0.125. The first-order chi connectivity index (χ1) is 9.92. The second-order valence-electron chi connectivity index (χ2n) is 6.36. The van der Waals surface area contributed by atoms with Crippen LogP contribution in [-0.2, 0) is 4.79 Å². The predicted octanol–water partition coefficient (Wildman–Crippen LogP) is 3.21. The first kappa shape index (κ1) is 15.0. The number of halogens is 2. The summed E-state index contributed by atoms with van der Waals surface area (Å²) >= 11 is 12.1. The quantitative estimate of drug-likeness (QED) is 0.861. The van der Waals surface area contributed by atoms with Gasteiger partial charge >= 0.3 is 0 Å². The van der Waals surface area contributed by atoms with Crippen molar-refractivity contribution in [3.05, 3.63) is 30.3 Å². The maximum atomic E-state index is 12.2. The number of benzene rings is 1. The Morgan fingerprint density at radius 2 is 2.05 bits per heavy atom. The first-order valence-electron chi connectivity index (χ1n) is 7.38. The van der Waals surface area contributed by atoms with Gasteiger partial charge in [0.2, 0.25) is 5.91 Å². The Morgan fingerprint density at radius 3 is 2.67 bits per heavy atom. The summed E-state index contributed by atoms with van der Waals surface area (Å²) < 4.78 is -0.886. The summed E-state index contributed by atoms with van der Waals surface area (Å²) in [7, 11) is 0. The molecule has 0 aromatic heterocycles. The molecule has 1 saturated carbocycles. The summed E-state index contributed by atoms with van der Waals surface area (Å²) in [5, 5.41) is 3.02. The molecule has 1 saturated heterocycles. The number of carbonyl (C=O) groups excluding carboxylic acids is 1. The van der Waals surface area contributed by atoms with Crippen LogP contribution in [0.3, 0.4) is 0 Å². The first-order valence-corrected chi connectivity index (χ1v) is 8.14. The molecule has 114 valence electrons. The van der Waals surface area contributed by atoms with Crippen molar-refractivity contribution in [3.63, 3.8) is 0 Å². The van der Waals surface area contributed by atoms with Gasteiger partial charge < -0.3 is 10.2 Å². The van der Waals surface area contributed by atoms with Crippen molar-refractivity contribution >= 4 is 34.8 Å². The molecule has 3 rings (SSSR count). The Balaban J connectivity index is 1.49. The molecule has 2 atom stereocenters.